The van der Waals surface area contributed by atoms with Gasteiger partial charge in [-0.15, -0.1) is 0 Å². The maximum atomic E-state index is 5.25. The fourth-order valence-corrected chi connectivity index (χ4v) is 5.40. The van der Waals surface area contributed by atoms with Crippen LogP contribution in [0.25, 0.3) is 11.1 Å². The summed E-state index contributed by atoms with van der Waals surface area (Å²) in [5, 5.41) is 10.1. The van der Waals surface area contributed by atoms with Crippen LogP contribution in [-0.2, 0) is 0 Å². The van der Waals surface area contributed by atoms with Crippen molar-refractivity contribution in [3.8, 4) is 22.6 Å². The number of rotatable bonds is 11. The third-order valence-corrected chi connectivity index (χ3v) is 7.97. The lowest BCUT2D eigenvalue weighted by atomic mass is 9.88. The molecule has 2 atom stereocenters. The Bertz CT molecular complexity index is 1450. The molecule has 5 rings (SSSR count). The lowest BCUT2D eigenvalue weighted by Crippen LogP contribution is -2.18. The molecule has 6 heteroatoms. The zero-order valence-electron chi connectivity index (χ0n) is 24.8. The van der Waals surface area contributed by atoms with Crippen LogP contribution in [0.5, 0.6) is 11.5 Å². The number of nitrogens with zero attached hydrogens (tertiary/aromatic N) is 1. The van der Waals surface area contributed by atoms with E-state index in [4.69, 9.17) is 9.47 Å². The highest BCUT2D eigenvalue weighted by Crippen LogP contribution is 2.31. The number of hydrogen-bond acceptors (Lipinski definition) is 4. The molecule has 0 saturated carbocycles. The van der Waals surface area contributed by atoms with Gasteiger partial charge in [0.2, 0.25) is 0 Å². The summed E-state index contributed by atoms with van der Waals surface area (Å²) in [6.07, 6.45) is 6.08. The molecule has 0 aliphatic rings. The smallest absolute Gasteiger partial charge is 0.118 e. The average molecular weight is 627 g/mol. The fraction of sp³-hybridized carbons (Fsp3) is 0.250. The molecule has 0 bridgehead atoms. The van der Waals surface area contributed by atoms with Crippen molar-refractivity contribution in [2.75, 3.05) is 27.8 Å². The Morgan fingerprint density at radius 3 is 1.60 bits per heavy atom. The molecule has 0 aliphatic carbocycles. The zero-order valence-corrected chi connectivity index (χ0v) is 26.4. The summed E-state index contributed by atoms with van der Waals surface area (Å²) in [6, 6.07) is 34.0. The first-order valence-electron chi connectivity index (χ1n) is 14.3. The van der Waals surface area contributed by atoms with Gasteiger partial charge in [0.05, 0.1) is 20.4 Å². The first-order valence-corrected chi connectivity index (χ1v) is 15.1. The summed E-state index contributed by atoms with van der Waals surface area (Å²) in [4.78, 5) is 0. The first-order chi connectivity index (χ1) is 20.6. The van der Waals surface area contributed by atoms with Gasteiger partial charge in [0.25, 0.3) is 0 Å². The summed E-state index contributed by atoms with van der Waals surface area (Å²) >= 11 is 3.49. The maximum absolute atomic E-state index is 5.25. The molecule has 1 aromatic heterocycles. The van der Waals surface area contributed by atoms with E-state index in [0.29, 0.717) is 11.8 Å². The highest BCUT2D eigenvalue weighted by molar-refractivity contribution is 9.10. The molecule has 5 nitrogen and oxygen atoms in total. The molecular weight excluding hydrogens is 586 g/mol. The lowest BCUT2D eigenvalue weighted by Gasteiger charge is -2.18. The van der Waals surface area contributed by atoms with Gasteiger partial charge in [-0.25, -0.2) is 0 Å². The Kier molecular flexibility index (Phi) is 11.8. The van der Waals surface area contributed by atoms with Crippen molar-refractivity contribution in [1.82, 2.24) is 15.5 Å². The molecule has 0 amide bonds. The van der Waals surface area contributed by atoms with Gasteiger partial charge >= 0.3 is 0 Å². The van der Waals surface area contributed by atoms with Crippen LogP contribution in [0.1, 0.15) is 53.9 Å². The minimum atomic E-state index is 0.310. The minimum Gasteiger partial charge on any atom is -0.497 e. The maximum Gasteiger partial charge on any atom is 0.118 e. The monoisotopic (exact) mass is 625 g/mol. The van der Waals surface area contributed by atoms with E-state index in [-0.39, 0.29) is 0 Å². The van der Waals surface area contributed by atoms with Crippen molar-refractivity contribution in [2.24, 2.45) is 0 Å². The van der Waals surface area contributed by atoms with Crippen molar-refractivity contribution in [3.05, 3.63) is 136 Å². The average Bonchev–Trinajstić information content (AvgIpc) is 3.59. The minimum absolute atomic E-state index is 0.310. The van der Waals surface area contributed by atoms with E-state index >= 15 is 0 Å². The van der Waals surface area contributed by atoms with Crippen LogP contribution in [0, 0.1) is 0 Å². The van der Waals surface area contributed by atoms with E-state index in [2.05, 4.69) is 111 Å². The van der Waals surface area contributed by atoms with Gasteiger partial charge in [-0.2, -0.15) is 5.10 Å². The highest BCUT2D eigenvalue weighted by atomic mass is 79.9. The number of benzene rings is 4. The van der Waals surface area contributed by atoms with E-state index in [1.165, 1.54) is 34.2 Å². The van der Waals surface area contributed by atoms with E-state index in [1.54, 1.807) is 14.2 Å². The number of ether oxygens (including phenoxy) is 2. The van der Waals surface area contributed by atoms with E-state index in [1.807, 2.05) is 43.7 Å². The van der Waals surface area contributed by atoms with Crippen LogP contribution in [0.2, 0.25) is 0 Å². The summed E-state index contributed by atoms with van der Waals surface area (Å²) < 4.78 is 11.6. The normalized spacial score (nSPS) is 12.1. The largest absolute Gasteiger partial charge is 0.497 e. The molecule has 2 N–H and O–H groups in total. The van der Waals surface area contributed by atoms with Crippen molar-refractivity contribution in [1.29, 1.82) is 0 Å². The van der Waals surface area contributed by atoms with Crippen LogP contribution >= 0.6 is 15.9 Å². The number of halogens is 1. The summed E-state index contributed by atoms with van der Waals surface area (Å²) in [7, 11) is 5.37. The van der Waals surface area contributed by atoms with Crippen molar-refractivity contribution in [2.45, 2.75) is 31.6 Å². The molecule has 1 heterocycles. The molecule has 2 unspecified atom stereocenters. The van der Waals surface area contributed by atoms with E-state index in [0.717, 1.165) is 34.5 Å². The second kappa shape index (κ2) is 15.9. The van der Waals surface area contributed by atoms with Crippen LogP contribution < -0.4 is 14.8 Å². The van der Waals surface area contributed by atoms with Gasteiger partial charge in [-0.05, 0) is 77.7 Å². The van der Waals surface area contributed by atoms with Crippen molar-refractivity contribution in [3.63, 3.8) is 0 Å². The van der Waals surface area contributed by atoms with Crippen LogP contribution in [-0.4, -0.2) is 38.0 Å². The summed E-state index contributed by atoms with van der Waals surface area (Å²) in [5.41, 5.74) is 7.56. The third kappa shape index (κ3) is 8.34. The number of aromatic nitrogens is 2. The summed E-state index contributed by atoms with van der Waals surface area (Å²) in [6.45, 7) is 3.12. The molecule has 5 aromatic rings. The predicted molar refractivity (Wildman–Crippen MR) is 177 cm³/mol. The van der Waals surface area contributed by atoms with Gasteiger partial charge in [0.1, 0.15) is 11.5 Å². The van der Waals surface area contributed by atoms with Gasteiger partial charge in [-0.1, -0.05) is 89.9 Å². The van der Waals surface area contributed by atoms with E-state index < -0.39 is 0 Å². The number of methoxy groups -OCH3 is 2. The fourth-order valence-electron chi connectivity index (χ4n) is 5.13. The third-order valence-electron chi connectivity index (χ3n) is 7.44. The number of aromatic amines is 1. The molecule has 0 saturated heterocycles. The molecular formula is C36H40BrN3O2. The van der Waals surface area contributed by atoms with Gasteiger partial charge in [0.15, 0.2) is 0 Å². The Balaban J connectivity index is 0.000000197. The number of nitrogens with one attached hydrogen (secondary N) is 2. The van der Waals surface area contributed by atoms with Gasteiger partial charge in [0, 0.05) is 34.6 Å². The predicted octanol–water partition coefficient (Wildman–Crippen LogP) is 8.83. The second-order valence-corrected chi connectivity index (χ2v) is 11.1. The van der Waals surface area contributed by atoms with Crippen LogP contribution in [0.15, 0.2) is 114 Å². The highest BCUT2D eigenvalue weighted by Gasteiger charge is 2.15. The molecule has 0 fully saturated rings. The lowest BCUT2D eigenvalue weighted by molar-refractivity contribution is 0.414. The SMILES string of the molecule is CCCC(c1ccc(Br)cc1)c1ccc(OC)cc1.CNCC(c1ccc(OC)cc1)c1ccc(-c2cn[nH]c2)cc1. The van der Waals surface area contributed by atoms with Gasteiger partial charge in [-0.3, -0.25) is 5.10 Å². The topological polar surface area (TPSA) is 59.2 Å². The summed E-state index contributed by atoms with van der Waals surface area (Å²) in [5.74, 6) is 2.57. The number of H-pyrrole nitrogens is 1. The molecule has 0 aliphatic heterocycles. The Labute approximate surface area is 258 Å². The molecule has 0 radical (unpaired) electrons. The number of hydrogen-bond donors (Lipinski definition) is 2. The zero-order chi connectivity index (χ0) is 29.7. The quantitative estimate of drug-likeness (QED) is 0.154. The van der Waals surface area contributed by atoms with Crippen molar-refractivity contribution < 1.29 is 9.47 Å². The van der Waals surface area contributed by atoms with Crippen LogP contribution in [0.4, 0.5) is 0 Å². The first kappa shape index (κ1) is 31.1. The van der Waals surface area contributed by atoms with Crippen LogP contribution in [0.3, 0.4) is 0 Å². The molecule has 42 heavy (non-hydrogen) atoms. The Morgan fingerprint density at radius 2 is 1.17 bits per heavy atom. The number of likely N-dealkylation sites (N-methyl/N-ethyl adjacent to an activating group) is 1. The van der Waals surface area contributed by atoms with Crippen molar-refractivity contribution >= 4 is 15.9 Å². The van der Waals surface area contributed by atoms with Gasteiger partial charge < -0.3 is 14.8 Å². The van der Waals surface area contributed by atoms with E-state index in [9.17, 15) is 0 Å². The Morgan fingerprint density at radius 1 is 0.690 bits per heavy atom. The molecule has 0 spiro atoms. The second-order valence-electron chi connectivity index (χ2n) is 10.2. The standard InChI is InChI=1S/C19H21N3O.C17H19BrO/c1-20-13-19(16-7-9-18(23-2)10-8-16)15-5-3-14(4-6-15)17-11-21-22-12-17;1-3-4-17(13-5-9-15(18)10-6-13)14-7-11-16(19-2)12-8-14/h3-12,19-20H,13H2,1-2H3,(H,21,22);5-12,17H,3-4H2,1-2H3. The Hall–Kier alpha value is -3.87. The molecule has 4 aromatic carbocycles. The molecule has 218 valence electrons.